The van der Waals surface area contributed by atoms with Crippen LogP contribution in [0.2, 0.25) is 0 Å². The van der Waals surface area contributed by atoms with Crippen molar-refractivity contribution in [1.29, 1.82) is 0 Å². The van der Waals surface area contributed by atoms with Crippen molar-refractivity contribution in [2.75, 3.05) is 19.8 Å². The van der Waals surface area contributed by atoms with Crippen LogP contribution in [0, 0.1) is 0 Å². The molecule has 1 saturated carbocycles. The van der Waals surface area contributed by atoms with Gasteiger partial charge in [-0.25, -0.2) is 0 Å². The Labute approximate surface area is 160 Å². The summed E-state index contributed by atoms with van der Waals surface area (Å²) >= 11 is 0. The van der Waals surface area contributed by atoms with Crippen LogP contribution in [0.15, 0.2) is 42.5 Å². The first kappa shape index (κ1) is 16.7. The van der Waals surface area contributed by atoms with E-state index in [0.717, 1.165) is 36.4 Å². The van der Waals surface area contributed by atoms with E-state index in [1.165, 1.54) is 24.0 Å². The third-order valence-corrected chi connectivity index (χ3v) is 6.52. The van der Waals surface area contributed by atoms with Crippen LogP contribution in [0.1, 0.15) is 60.1 Å². The second-order valence-corrected chi connectivity index (χ2v) is 8.05. The number of rotatable bonds is 1. The van der Waals surface area contributed by atoms with Crippen LogP contribution in [0.5, 0.6) is 11.5 Å². The topological polar surface area (TPSA) is 38.8 Å². The number of ether oxygens (including phenoxy) is 2. The van der Waals surface area contributed by atoms with Crippen molar-refractivity contribution in [2.24, 2.45) is 0 Å². The molecule has 3 aliphatic rings. The van der Waals surface area contributed by atoms with Gasteiger partial charge < -0.3 is 14.4 Å². The summed E-state index contributed by atoms with van der Waals surface area (Å²) in [6.45, 7) is 4.11. The van der Waals surface area contributed by atoms with E-state index in [2.05, 4.69) is 24.0 Å². The fourth-order valence-corrected chi connectivity index (χ4v) is 5.10. The van der Waals surface area contributed by atoms with Crippen molar-refractivity contribution in [1.82, 2.24) is 4.90 Å². The summed E-state index contributed by atoms with van der Waals surface area (Å²) in [6.07, 6.45) is 4.70. The van der Waals surface area contributed by atoms with Gasteiger partial charge in [0.1, 0.15) is 13.2 Å². The van der Waals surface area contributed by atoms with E-state index in [-0.39, 0.29) is 17.4 Å². The fourth-order valence-electron chi connectivity index (χ4n) is 5.10. The normalized spacial score (nSPS) is 22.6. The smallest absolute Gasteiger partial charge is 0.254 e. The molecule has 27 heavy (non-hydrogen) atoms. The van der Waals surface area contributed by atoms with E-state index in [9.17, 15) is 4.79 Å². The van der Waals surface area contributed by atoms with Crippen molar-refractivity contribution >= 4 is 5.91 Å². The van der Waals surface area contributed by atoms with E-state index >= 15 is 0 Å². The van der Waals surface area contributed by atoms with Gasteiger partial charge >= 0.3 is 0 Å². The van der Waals surface area contributed by atoms with Crippen molar-refractivity contribution in [3.05, 3.63) is 59.2 Å². The number of hydrogen-bond acceptors (Lipinski definition) is 3. The second kappa shape index (κ2) is 6.29. The van der Waals surface area contributed by atoms with Crippen LogP contribution in [0.25, 0.3) is 0 Å². The minimum absolute atomic E-state index is 0.0229. The molecule has 0 unspecified atom stereocenters. The zero-order valence-corrected chi connectivity index (χ0v) is 15.7. The predicted octanol–water partition coefficient (Wildman–Crippen LogP) is 4.49. The van der Waals surface area contributed by atoms with Crippen molar-refractivity contribution in [3.8, 4) is 11.5 Å². The summed E-state index contributed by atoms with van der Waals surface area (Å²) in [5.41, 5.74) is 3.39. The Morgan fingerprint density at radius 3 is 2.41 bits per heavy atom. The molecule has 5 rings (SSSR count). The average molecular weight is 363 g/mol. The summed E-state index contributed by atoms with van der Waals surface area (Å²) in [5.74, 6) is 1.80. The van der Waals surface area contributed by atoms with Gasteiger partial charge in [-0.15, -0.1) is 0 Å². The van der Waals surface area contributed by atoms with Gasteiger partial charge in [-0.2, -0.15) is 0 Å². The molecule has 2 aromatic rings. The molecular formula is C23H25NO3. The lowest BCUT2D eigenvalue weighted by Gasteiger charge is -2.46. The van der Waals surface area contributed by atoms with Gasteiger partial charge in [0.05, 0.1) is 6.04 Å². The van der Waals surface area contributed by atoms with E-state index in [0.29, 0.717) is 13.2 Å². The SMILES string of the molecule is C[C@H]1c2cc3c(cc2C2(CCCC2)CN1C(=O)c1ccccc1)OCCO3. The van der Waals surface area contributed by atoms with Gasteiger partial charge in [0.15, 0.2) is 11.5 Å². The van der Waals surface area contributed by atoms with E-state index in [1.807, 2.05) is 30.3 Å². The molecule has 4 heteroatoms. The Bertz CT molecular complexity index is 871. The number of carbonyl (C=O) groups is 1. The van der Waals surface area contributed by atoms with Crippen LogP contribution < -0.4 is 9.47 Å². The first-order chi connectivity index (χ1) is 13.2. The summed E-state index contributed by atoms with van der Waals surface area (Å²) in [6, 6.07) is 14.0. The molecule has 0 N–H and O–H groups in total. The maximum atomic E-state index is 13.3. The van der Waals surface area contributed by atoms with Crippen molar-refractivity contribution < 1.29 is 14.3 Å². The molecule has 1 amide bonds. The number of nitrogens with zero attached hydrogens (tertiary/aromatic N) is 1. The monoisotopic (exact) mass is 363 g/mol. The van der Waals surface area contributed by atoms with Gasteiger partial charge in [-0.1, -0.05) is 31.0 Å². The van der Waals surface area contributed by atoms with E-state index < -0.39 is 0 Å². The predicted molar refractivity (Wildman–Crippen MR) is 103 cm³/mol. The number of amides is 1. The van der Waals surface area contributed by atoms with Crippen LogP contribution >= 0.6 is 0 Å². The first-order valence-corrected chi connectivity index (χ1v) is 9.98. The minimum Gasteiger partial charge on any atom is -0.486 e. The van der Waals surface area contributed by atoms with Crippen molar-refractivity contribution in [2.45, 2.75) is 44.1 Å². The molecule has 1 fully saturated rings. The highest BCUT2D eigenvalue weighted by Crippen LogP contribution is 2.52. The van der Waals surface area contributed by atoms with Gasteiger partial charge in [-0.3, -0.25) is 4.79 Å². The molecule has 140 valence electrons. The van der Waals surface area contributed by atoms with Gasteiger partial charge in [0, 0.05) is 17.5 Å². The number of benzene rings is 2. The van der Waals surface area contributed by atoms with Gasteiger partial charge in [-0.05, 0) is 55.2 Å². The number of carbonyl (C=O) groups excluding carboxylic acids is 1. The zero-order chi connectivity index (χ0) is 18.4. The molecule has 2 aromatic carbocycles. The van der Waals surface area contributed by atoms with Crippen molar-refractivity contribution in [3.63, 3.8) is 0 Å². The Hall–Kier alpha value is -2.49. The van der Waals surface area contributed by atoms with E-state index in [1.54, 1.807) is 0 Å². The summed E-state index contributed by atoms with van der Waals surface area (Å²) in [4.78, 5) is 15.4. The molecule has 4 nitrogen and oxygen atoms in total. The fraction of sp³-hybridized carbons (Fsp3) is 0.435. The maximum absolute atomic E-state index is 13.3. The maximum Gasteiger partial charge on any atom is 0.254 e. The summed E-state index contributed by atoms with van der Waals surface area (Å²) in [5, 5.41) is 0. The highest BCUT2D eigenvalue weighted by molar-refractivity contribution is 5.94. The highest BCUT2D eigenvalue weighted by atomic mass is 16.6. The molecular weight excluding hydrogens is 338 g/mol. The van der Waals surface area contributed by atoms with Crippen LogP contribution in [-0.4, -0.2) is 30.6 Å². The lowest BCUT2D eigenvalue weighted by Crippen LogP contribution is -2.48. The largest absolute Gasteiger partial charge is 0.486 e. The Kier molecular flexibility index (Phi) is 3.88. The first-order valence-electron chi connectivity index (χ1n) is 9.98. The molecule has 1 atom stereocenters. The molecule has 0 saturated heterocycles. The molecule has 0 radical (unpaired) electrons. The summed E-state index contributed by atoms with van der Waals surface area (Å²) in [7, 11) is 0. The van der Waals surface area contributed by atoms with Crippen LogP contribution in [-0.2, 0) is 5.41 Å². The molecule has 1 aliphatic carbocycles. The molecule has 2 heterocycles. The zero-order valence-electron chi connectivity index (χ0n) is 15.7. The third-order valence-electron chi connectivity index (χ3n) is 6.52. The lowest BCUT2D eigenvalue weighted by molar-refractivity contribution is 0.0593. The molecule has 1 spiro atoms. The highest BCUT2D eigenvalue weighted by Gasteiger charge is 2.46. The molecule has 0 bridgehead atoms. The van der Waals surface area contributed by atoms with Crippen LogP contribution in [0.3, 0.4) is 0 Å². The standard InChI is InChI=1S/C23H25NO3/c1-16-18-13-20-21(27-12-11-26-20)14-19(18)23(9-5-6-10-23)15-24(16)22(25)17-7-3-2-4-8-17/h2-4,7-8,13-14,16H,5-6,9-12,15H2,1H3/t16-/m0/s1. The number of fused-ring (bicyclic) bond motifs is 3. The minimum atomic E-state index is 0.0229. The third kappa shape index (κ3) is 2.61. The second-order valence-electron chi connectivity index (χ2n) is 8.05. The quantitative estimate of drug-likeness (QED) is 0.749. The Morgan fingerprint density at radius 1 is 1.04 bits per heavy atom. The average Bonchev–Trinajstić information content (AvgIpc) is 3.19. The Morgan fingerprint density at radius 2 is 1.70 bits per heavy atom. The molecule has 0 aromatic heterocycles. The summed E-state index contributed by atoms with van der Waals surface area (Å²) < 4.78 is 11.7. The molecule has 2 aliphatic heterocycles. The lowest BCUT2D eigenvalue weighted by atomic mass is 9.71. The van der Waals surface area contributed by atoms with Gasteiger partial charge in [0.2, 0.25) is 0 Å². The van der Waals surface area contributed by atoms with Gasteiger partial charge in [0.25, 0.3) is 5.91 Å². The Balaban J connectivity index is 1.61. The van der Waals surface area contributed by atoms with E-state index in [4.69, 9.17) is 9.47 Å². The number of hydrogen-bond donors (Lipinski definition) is 0. The van der Waals surface area contributed by atoms with Crippen LogP contribution in [0.4, 0.5) is 0 Å².